The minimum Gasteiger partial charge on any atom is -0.322 e. The molecule has 1 aromatic heterocycles. The number of benzene rings is 1. The summed E-state index contributed by atoms with van der Waals surface area (Å²) in [7, 11) is 0. The number of carbonyl (C=O) groups is 2. The molecule has 0 radical (unpaired) electrons. The molecule has 2 unspecified atom stereocenters. The lowest BCUT2D eigenvalue weighted by molar-refractivity contribution is -0.125. The van der Waals surface area contributed by atoms with Gasteiger partial charge in [0, 0.05) is 34.1 Å². The van der Waals surface area contributed by atoms with Crippen LogP contribution in [0.4, 0.5) is 5.82 Å². The fourth-order valence-electron chi connectivity index (χ4n) is 2.67. The van der Waals surface area contributed by atoms with E-state index < -0.39 is 6.29 Å². The van der Waals surface area contributed by atoms with Gasteiger partial charge in [-0.3, -0.25) is 14.9 Å². The first kappa shape index (κ1) is 17.7. The lowest BCUT2D eigenvalue weighted by Gasteiger charge is -2.30. The molecule has 1 fully saturated rings. The van der Waals surface area contributed by atoms with Gasteiger partial charge in [-0.25, -0.2) is 4.68 Å². The second-order valence-corrected chi connectivity index (χ2v) is 6.84. The molecule has 0 aliphatic carbocycles. The van der Waals surface area contributed by atoms with Crippen LogP contribution in [0, 0.1) is 6.92 Å². The van der Waals surface area contributed by atoms with E-state index in [1.807, 2.05) is 6.92 Å². The van der Waals surface area contributed by atoms with Gasteiger partial charge in [-0.15, -0.1) is 0 Å². The Labute approximate surface area is 154 Å². The number of hydrogen-bond donors (Lipinski definition) is 3. The molecule has 132 valence electrons. The van der Waals surface area contributed by atoms with Gasteiger partial charge in [0.2, 0.25) is 5.91 Å². The second-order valence-electron chi connectivity index (χ2n) is 5.97. The van der Waals surface area contributed by atoms with Gasteiger partial charge < -0.3 is 10.6 Å². The molecule has 3 rings (SSSR count). The number of halogens is 2. The Morgan fingerprint density at radius 3 is 2.60 bits per heavy atom. The minimum absolute atomic E-state index is 0.00135. The normalized spacial score (nSPS) is 20.2. The molecular formula is C16H17Cl2N5O2. The zero-order chi connectivity index (χ0) is 18.1. The number of aromatic nitrogens is 2. The van der Waals surface area contributed by atoms with Crippen LogP contribution in [0.25, 0.3) is 0 Å². The summed E-state index contributed by atoms with van der Waals surface area (Å²) >= 11 is 11.9. The molecule has 25 heavy (non-hydrogen) atoms. The maximum Gasteiger partial charge on any atom is 0.256 e. The third-order valence-electron chi connectivity index (χ3n) is 3.70. The van der Waals surface area contributed by atoms with Gasteiger partial charge in [0.25, 0.3) is 5.91 Å². The summed E-state index contributed by atoms with van der Waals surface area (Å²) in [6, 6.07) is 6.32. The minimum atomic E-state index is -0.539. The predicted molar refractivity (Wildman–Crippen MR) is 95.8 cm³/mol. The highest BCUT2D eigenvalue weighted by Gasteiger charge is 2.26. The number of anilines is 1. The molecule has 0 spiro atoms. The van der Waals surface area contributed by atoms with Crippen molar-refractivity contribution >= 4 is 40.8 Å². The maximum atomic E-state index is 12.5. The molecule has 2 amide bonds. The van der Waals surface area contributed by atoms with Gasteiger partial charge in [0.15, 0.2) is 6.29 Å². The molecule has 1 aliphatic heterocycles. The topological polar surface area (TPSA) is 88.0 Å². The van der Waals surface area contributed by atoms with Gasteiger partial charge in [0.1, 0.15) is 5.82 Å². The van der Waals surface area contributed by atoms with Crippen LogP contribution in [0.1, 0.15) is 35.7 Å². The summed E-state index contributed by atoms with van der Waals surface area (Å²) in [4.78, 5) is 24.3. The Morgan fingerprint density at radius 2 is 1.96 bits per heavy atom. The number of nitrogens with one attached hydrogen (secondary N) is 3. The van der Waals surface area contributed by atoms with Crippen molar-refractivity contribution in [3.8, 4) is 0 Å². The van der Waals surface area contributed by atoms with Crippen molar-refractivity contribution < 1.29 is 9.59 Å². The van der Waals surface area contributed by atoms with E-state index >= 15 is 0 Å². The molecule has 9 heteroatoms. The van der Waals surface area contributed by atoms with Gasteiger partial charge >= 0.3 is 0 Å². The van der Waals surface area contributed by atoms with Crippen molar-refractivity contribution in [2.75, 3.05) is 5.32 Å². The van der Waals surface area contributed by atoms with E-state index in [-0.39, 0.29) is 17.9 Å². The third kappa shape index (κ3) is 4.12. The van der Waals surface area contributed by atoms with Crippen molar-refractivity contribution in [2.45, 2.75) is 32.6 Å². The first-order chi connectivity index (χ1) is 11.8. The zero-order valence-electron chi connectivity index (χ0n) is 13.6. The van der Waals surface area contributed by atoms with Crippen molar-refractivity contribution in [2.24, 2.45) is 0 Å². The number of amides is 2. The van der Waals surface area contributed by atoms with E-state index in [1.165, 1.54) is 16.8 Å². The van der Waals surface area contributed by atoms with E-state index in [0.29, 0.717) is 33.5 Å². The van der Waals surface area contributed by atoms with Crippen molar-refractivity contribution in [3.63, 3.8) is 0 Å². The summed E-state index contributed by atoms with van der Waals surface area (Å²) in [6.45, 7) is 3.71. The standard InChI is InChI=1S/C16H17Cl2N5O2/c1-8-4-14(24)21-16(19-8)23-13(3-9(2)22-23)20-15(25)10-5-11(17)7-12(18)6-10/h3,5-8,16,19H,4H2,1-2H3,(H,20,25)(H,21,24). The Bertz CT molecular complexity index is 816. The Hall–Kier alpha value is -2.09. The first-order valence-corrected chi connectivity index (χ1v) is 8.46. The third-order valence-corrected chi connectivity index (χ3v) is 4.14. The molecule has 2 atom stereocenters. The summed E-state index contributed by atoms with van der Waals surface area (Å²) in [5.41, 5.74) is 1.03. The average molecular weight is 382 g/mol. The van der Waals surface area contributed by atoms with Crippen LogP contribution in [0.3, 0.4) is 0 Å². The number of nitrogens with zero attached hydrogens (tertiary/aromatic N) is 2. The van der Waals surface area contributed by atoms with E-state index in [1.54, 1.807) is 19.1 Å². The molecule has 7 nitrogen and oxygen atoms in total. The predicted octanol–water partition coefficient (Wildman–Crippen LogP) is 2.70. The highest BCUT2D eigenvalue weighted by molar-refractivity contribution is 6.35. The lowest BCUT2D eigenvalue weighted by Crippen LogP contribution is -2.52. The van der Waals surface area contributed by atoms with Crippen LogP contribution in [0.5, 0.6) is 0 Å². The van der Waals surface area contributed by atoms with E-state index in [4.69, 9.17) is 23.2 Å². The van der Waals surface area contributed by atoms with Crippen LogP contribution < -0.4 is 16.0 Å². The average Bonchev–Trinajstić information content (AvgIpc) is 2.86. The van der Waals surface area contributed by atoms with Gasteiger partial charge in [-0.2, -0.15) is 5.10 Å². The van der Waals surface area contributed by atoms with E-state index in [2.05, 4.69) is 21.0 Å². The number of rotatable bonds is 3. The fraction of sp³-hybridized carbons (Fsp3) is 0.312. The SMILES string of the molecule is Cc1cc(NC(=O)c2cc(Cl)cc(Cl)c2)n(C2NC(=O)CC(C)N2)n1. The number of aryl methyl sites for hydroxylation is 1. The summed E-state index contributed by atoms with van der Waals surface area (Å²) < 4.78 is 1.53. The van der Waals surface area contributed by atoms with E-state index in [9.17, 15) is 9.59 Å². The molecule has 0 bridgehead atoms. The molecule has 1 aliphatic rings. The smallest absolute Gasteiger partial charge is 0.256 e. The van der Waals surface area contributed by atoms with Gasteiger partial charge in [-0.05, 0) is 32.0 Å². The molecule has 3 N–H and O–H groups in total. The maximum absolute atomic E-state index is 12.5. The van der Waals surface area contributed by atoms with Crippen LogP contribution >= 0.6 is 23.2 Å². The lowest BCUT2D eigenvalue weighted by atomic mass is 10.2. The van der Waals surface area contributed by atoms with Gasteiger partial charge in [0.05, 0.1) is 5.69 Å². The largest absolute Gasteiger partial charge is 0.322 e. The van der Waals surface area contributed by atoms with Crippen LogP contribution in [0.15, 0.2) is 24.3 Å². The monoisotopic (exact) mass is 381 g/mol. The van der Waals surface area contributed by atoms with E-state index in [0.717, 1.165) is 0 Å². The van der Waals surface area contributed by atoms with Crippen LogP contribution in [-0.4, -0.2) is 27.6 Å². The van der Waals surface area contributed by atoms with Crippen molar-refractivity contribution in [1.29, 1.82) is 0 Å². The number of hydrogen-bond acceptors (Lipinski definition) is 4. The Balaban J connectivity index is 1.85. The highest BCUT2D eigenvalue weighted by Crippen LogP contribution is 2.21. The van der Waals surface area contributed by atoms with Crippen LogP contribution in [-0.2, 0) is 4.79 Å². The fourth-order valence-corrected chi connectivity index (χ4v) is 3.20. The quantitative estimate of drug-likeness (QED) is 0.762. The first-order valence-electron chi connectivity index (χ1n) is 7.71. The highest BCUT2D eigenvalue weighted by atomic mass is 35.5. The molecule has 1 aromatic carbocycles. The molecule has 2 heterocycles. The molecule has 1 saturated heterocycles. The van der Waals surface area contributed by atoms with Crippen molar-refractivity contribution in [3.05, 3.63) is 45.6 Å². The number of carbonyl (C=O) groups excluding carboxylic acids is 2. The van der Waals surface area contributed by atoms with Crippen molar-refractivity contribution in [1.82, 2.24) is 20.4 Å². The van der Waals surface area contributed by atoms with Gasteiger partial charge in [-0.1, -0.05) is 23.2 Å². The summed E-state index contributed by atoms with van der Waals surface area (Å²) in [6.07, 6.45) is -0.150. The second kappa shape index (κ2) is 7.03. The summed E-state index contributed by atoms with van der Waals surface area (Å²) in [5.74, 6) is -0.00506. The van der Waals surface area contributed by atoms with Crippen LogP contribution in [0.2, 0.25) is 10.0 Å². The Morgan fingerprint density at radius 1 is 1.28 bits per heavy atom. The Kier molecular flexibility index (Phi) is 4.99. The summed E-state index contributed by atoms with van der Waals surface area (Å²) in [5, 5.41) is 13.9. The molecular weight excluding hydrogens is 365 g/mol. The molecule has 2 aromatic rings. The zero-order valence-corrected chi connectivity index (χ0v) is 15.1. The molecule has 0 saturated carbocycles.